The van der Waals surface area contributed by atoms with Gasteiger partial charge in [-0.25, -0.2) is 0 Å². The van der Waals surface area contributed by atoms with Gasteiger partial charge >= 0.3 is 0 Å². The first-order valence-electron chi connectivity index (χ1n) is 10.1. The Balaban J connectivity index is 3.48. The van der Waals surface area contributed by atoms with Crippen LogP contribution in [0.15, 0.2) is 0 Å². The van der Waals surface area contributed by atoms with Crippen LogP contribution in [-0.2, 0) is 4.74 Å². The summed E-state index contributed by atoms with van der Waals surface area (Å²) in [6.45, 7) is 8.97. The van der Waals surface area contributed by atoms with Crippen molar-refractivity contribution in [3.8, 4) is 0 Å². The van der Waals surface area contributed by atoms with Gasteiger partial charge in [0.15, 0.2) is 0 Å². The molecule has 0 heterocycles. The maximum absolute atomic E-state index is 9.20. The third kappa shape index (κ3) is 16.5. The molecule has 1 atom stereocenters. The van der Waals surface area contributed by atoms with Gasteiger partial charge in [0.05, 0.1) is 6.61 Å². The Labute approximate surface area is 145 Å². The number of ether oxygens (including phenoxy) is 1. The fourth-order valence-corrected chi connectivity index (χ4v) is 2.97. The summed E-state index contributed by atoms with van der Waals surface area (Å²) in [6, 6.07) is 0. The lowest BCUT2D eigenvalue weighted by Crippen LogP contribution is -2.29. The Morgan fingerprint density at radius 1 is 0.826 bits per heavy atom. The number of aliphatic hydroxyl groups excluding tert-OH is 1. The smallest absolute Gasteiger partial charge is 0.0558 e. The number of methoxy groups -OCH3 is 1. The van der Waals surface area contributed by atoms with E-state index in [0.29, 0.717) is 6.61 Å². The quantitative estimate of drug-likeness (QED) is 0.364. The van der Waals surface area contributed by atoms with Gasteiger partial charge in [0, 0.05) is 20.3 Å². The minimum Gasteiger partial charge on any atom is -0.395 e. The number of nitrogens with zero attached hydrogens (tertiary/aromatic N) is 1. The molecule has 0 aliphatic heterocycles. The van der Waals surface area contributed by atoms with E-state index < -0.39 is 0 Å². The Bertz CT molecular complexity index is 224. The highest BCUT2D eigenvalue weighted by molar-refractivity contribution is 4.59. The summed E-state index contributed by atoms with van der Waals surface area (Å²) < 4.78 is 5.08. The average molecular weight is 330 g/mol. The van der Waals surface area contributed by atoms with E-state index in [9.17, 15) is 5.11 Å². The summed E-state index contributed by atoms with van der Waals surface area (Å²) in [7, 11) is 1.77. The lowest BCUT2D eigenvalue weighted by molar-refractivity contribution is 0.183. The van der Waals surface area contributed by atoms with Crippen molar-refractivity contribution in [2.75, 3.05) is 40.0 Å². The Morgan fingerprint density at radius 2 is 1.39 bits per heavy atom. The molecule has 0 radical (unpaired) electrons. The average Bonchev–Trinajstić information content (AvgIpc) is 2.56. The van der Waals surface area contributed by atoms with Crippen molar-refractivity contribution in [1.29, 1.82) is 0 Å². The minimum atomic E-state index is 0.290. The first-order valence-corrected chi connectivity index (χ1v) is 10.1. The third-order valence-corrected chi connectivity index (χ3v) is 4.86. The van der Waals surface area contributed by atoms with E-state index in [-0.39, 0.29) is 0 Å². The third-order valence-electron chi connectivity index (χ3n) is 4.86. The molecule has 0 fully saturated rings. The van der Waals surface area contributed by atoms with Crippen molar-refractivity contribution in [3.63, 3.8) is 0 Å². The largest absolute Gasteiger partial charge is 0.395 e. The van der Waals surface area contributed by atoms with E-state index in [1.54, 1.807) is 7.11 Å². The van der Waals surface area contributed by atoms with Gasteiger partial charge in [-0.15, -0.1) is 0 Å². The van der Waals surface area contributed by atoms with E-state index in [1.165, 1.54) is 70.6 Å². The molecule has 0 bridgehead atoms. The summed E-state index contributed by atoms with van der Waals surface area (Å²) in [5.41, 5.74) is 0. The summed E-state index contributed by atoms with van der Waals surface area (Å²) in [5.74, 6) is 0.902. The monoisotopic (exact) mass is 329 g/mol. The molecular weight excluding hydrogens is 286 g/mol. The van der Waals surface area contributed by atoms with E-state index in [1.807, 2.05) is 0 Å². The Morgan fingerprint density at radius 3 is 1.96 bits per heavy atom. The first kappa shape index (κ1) is 22.9. The van der Waals surface area contributed by atoms with Crippen molar-refractivity contribution >= 4 is 0 Å². The summed E-state index contributed by atoms with van der Waals surface area (Å²) in [4.78, 5) is 2.44. The van der Waals surface area contributed by atoms with Crippen LogP contribution in [0.4, 0.5) is 0 Å². The van der Waals surface area contributed by atoms with E-state index in [2.05, 4.69) is 18.7 Å². The molecule has 0 spiro atoms. The van der Waals surface area contributed by atoms with Crippen LogP contribution >= 0.6 is 0 Å². The molecule has 0 amide bonds. The molecule has 0 aliphatic carbocycles. The van der Waals surface area contributed by atoms with E-state index >= 15 is 0 Å². The lowest BCUT2D eigenvalue weighted by Gasteiger charge is -2.21. The summed E-state index contributed by atoms with van der Waals surface area (Å²) in [6.07, 6.45) is 14.5. The highest BCUT2D eigenvalue weighted by atomic mass is 16.5. The van der Waals surface area contributed by atoms with Gasteiger partial charge in [-0.2, -0.15) is 0 Å². The SMILES string of the molecule is CCC(C)CCCCCCCN(CCO)CCCCCCOC. The number of hydrogen-bond donors (Lipinski definition) is 1. The standard InChI is InChI=1S/C20H43NO2/c1-4-20(2)14-10-6-5-7-11-15-21(17-18-22)16-12-8-9-13-19-23-3/h20,22H,4-19H2,1-3H3. The van der Waals surface area contributed by atoms with Gasteiger partial charge in [-0.1, -0.05) is 65.2 Å². The molecule has 3 heteroatoms. The highest BCUT2D eigenvalue weighted by Gasteiger charge is 2.04. The number of hydrogen-bond acceptors (Lipinski definition) is 3. The van der Waals surface area contributed by atoms with Crippen molar-refractivity contribution in [2.24, 2.45) is 5.92 Å². The molecule has 0 aromatic rings. The number of aliphatic hydroxyl groups is 1. The molecule has 0 rings (SSSR count). The molecular formula is C20H43NO2. The van der Waals surface area contributed by atoms with Crippen LogP contribution in [0.5, 0.6) is 0 Å². The second-order valence-electron chi connectivity index (χ2n) is 7.04. The zero-order chi connectivity index (χ0) is 17.2. The maximum Gasteiger partial charge on any atom is 0.0558 e. The molecule has 0 aromatic carbocycles. The van der Waals surface area contributed by atoms with Gasteiger partial charge < -0.3 is 14.7 Å². The summed E-state index contributed by atoms with van der Waals surface area (Å²) in [5, 5.41) is 9.20. The molecule has 3 nitrogen and oxygen atoms in total. The normalized spacial score (nSPS) is 12.9. The number of unbranched alkanes of at least 4 members (excludes halogenated alkanes) is 7. The molecule has 1 N–H and O–H groups in total. The van der Waals surface area contributed by atoms with Gasteiger partial charge in [-0.3, -0.25) is 0 Å². The van der Waals surface area contributed by atoms with E-state index in [4.69, 9.17) is 4.74 Å². The van der Waals surface area contributed by atoms with Crippen molar-refractivity contribution in [1.82, 2.24) is 4.90 Å². The zero-order valence-electron chi connectivity index (χ0n) is 16.2. The van der Waals surface area contributed by atoms with Gasteiger partial charge in [0.1, 0.15) is 0 Å². The van der Waals surface area contributed by atoms with Crippen LogP contribution in [0.3, 0.4) is 0 Å². The van der Waals surface area contributed by atoms with Crippen LogP contribution in [0.2, 0.25) is 0 Å². The fraction of sp³-hybridized carbons (Fsp3) is 1.00. The molecule has 0 saturated heterocycles. The second kappa shape index (κ2) is 18.2. The Kier molecular flexibility index (Phi) is 18.1. The van der Waals surface area contributed by atoms with Crippen LogP contribution < -0.4 is 0 Å². The predicted octanol–water partition coefficient (Wildman–Crippen LogP) is 4.87. The van der Waals surface area contributed by atoms with Gasteiger partial charge in [-0.05, 0) is 38.3 Å². The predicted molar refractivity (Wildman–Crippen MR) is 101 cm³/mol. The van der Waals surface area contributed by atoms with Crippen molar-refractivity contribution in [2.45, 2.75) is 84.5 Å². The van der Waals surface area contributed by atoms with Crippen LogP contribution in [0.25, 0.3) is 0 Å². The maximum atomic E-state index is 9.20. The lowest BCUT2D eigenvalue weighted by atomic mass is 10.00. The Hall–Kier alpha value is -0.120. The molecule has 0 saturated carbocycles. The van der Waals surface area contributed by atoms with Gasteiger partial charge in [0.25, 0.3) is 0 Å². The van der Waals surface area contributed by atoms with Crippen molar-refractivity contribution < 1.29 is 9.84 Å². The first-order chi connectivity index (χ1) is 11.2. The highest BCUT2D eigenvalue weighted by Crippen LogP contribution is 2.14. The van der Waals surface area contributed by atoms with Gasteiger partial charge in [0.2, 0.25) is 0 Å². The zero-order valence-corrected chi connectivity index (χ0v) is 16.2. The van der Waals surface area contributed by atoms with Crippen LogP contribution in [0.1, 0.15) is 84.5 Å². The molecule has 140 valence electrons. The summed E-state index contributed by atoms with van der Waals surface area (Å²) >= 11 is 0. The molecule has 23 heavy (non-hydrogen) atoms. The molecule has 1 unspecified atom stereocenters. The number of rotatable bonds is 18. The van der Waals surface area contributed by atoms with Crippen LogP contribution in [0, 0.1) is 5.92 Å². The van der Waals surface area contributed by atoms with E-state index in [0.717, 1.165) is 32.2 Å². The minimum absolute atomic E-state index is 0.290. The molecule has 0 aliphatic rings. The topological polar surface area (TPSA) is 32.7 Å². The molecule has 0 aromatic heterocycles. The fourth-order valence-electron chi connectivity index (χ4n) is 2.97. The second-order valence-corrected chi connectivity index (χ2v) is 7.04. The van der Waals surface area contributed by atoms with Crippen LogP contribution in [-0.4, -0.2) is 50.0 Å². The van der Waals surface area contributed by atoms with Crippen molar-refractivity contribution in [3.05, 3.63) is 0 Å².